The van der Waals surface area contributed by atoms with Crippen molar-refractivity contribution in [2.75, 3.05) is 72.7 Å². The van der Waals surface area contributed by atoms with Gasteiger partial charge in [-0.1, -0.05) is 108 Å². The molecule has 0 aliphatic heterocycles. The molecule has 30 nitrogen and oxygen atoms in total. The quantitative estimate of drug-likeness (QED) is 0.0168. The van der Waals surface area contributed by atoms with Gasteiger partial charge in [0.05, 0.1) is 120 Å². The normalized spacial score (nSPS) is 47.1. The van der Waals surface area contributed by atoms with E-state index >= 15 is 0 Å². The lowest BCUT2D eigenvalue weighted by molar-refractivity contribution is -0.0629. The van der Waals surface area contributed by atoms with Crippen LogP contribution in [-0.4, -0.2) is 250 Å². The Kier molecular flexibility index (Phi) is 13.3. The molecule has 18 atom stereocenters. The minimum Gasteiger partial charge on any atom is -0.394 e. The number of fused-ring (bicyclic) bond motifs is 3. The van der Waals surface area contributed by atoms with Crippen LogP contribution in [0.25, 0.3) is 33.5 Å². The number of aromatic nitrogens is 15. The van der Waals surface area contributed by atoms with Crippen molar-refractivity contribution in [3.8, 4) is 0 Å². The Hall–Kier alpha value is -7.14. The van der Waals surface area contributed by atoms with Crippen LogP contribution in [0, 0.1) is 38.2 Å². The first kappa shape index (κ1) is 40.9. The van der Waals surface area contributed by atoms with Crippen molar-refractivity contribution in [1.29, 1.82) is 0 Å². The van der Waals surface area contributed by atoms with Crippen LogP contribution in [0.2, 0.25) is 0 Å². The predicted molar refractivity (Wildman–Crippen MR) is 398 cm³/mol. The standard InChI is InChI=1S/3C24H31FN6O4S/c3*1-3-8-36-24-27-22(26-16-10-14(16)13-5-4-12(2)15(25)9-13)19-23(28-24)31(30-29-19)17-11-18(35-7-6-32)21(34)20(17)33/h3*4-5,9,14,16-18,20-21,32-34H,3,6-8,10-11H2,1-2H3,(H,26,27,28)/t3*14-,16+,17+,18-,20-,21+/m000/s1/i4D,5D,6D2,7D2,9D,10D2,11D2,16D,17D,18D,20D,21D;4D,5D,7D2,9D,10D2,11D2,16D,17D,18D,20D,21D;4D,5D,6D2,9D,10D2,11D2,16D,17D,18D,20D,21D. The average Bonchev–Trinajstić information content (AvgIpc) is 1.48. The number of nitrogens with one attached hydrogen (secondary N) is 3. The molecule has 6 aliphatic rings. The largest absolute Gasteiger partial charge is 0.394 e. The fourth-order valence-corrected chi connectivity index (χ4v) is 11.8. The molecule has 6 heterocycles. The minimum atomic E-state index is -4.37. The van der Waals surface area contributed by atoms with E-state index in [1.54, 1.807) is 20.8 Å². The zero-order chi connectivity index (χ0) is 116. The number of anilines is 3. The Bertz CT molecular complexity index is 6940. The van der Waals surface area contributed by atoms with E-state index in [4.69, 9.17) is 69.8 Å². The highest BCUT2D eigenvalue weighted by Gasteiger charge is 2.49. The van der Waals surface area contributed by atoms with Crippen LogP contribution in [0.3, 0.4) is 0 Å². The minimum absolute atomic E-state index is 0.0433. The van der Waals surface area contributed by atoms with Gasteiger partial charge < -0.3 is 76.1 Å². The first-order valence-electron chi connectivity index (χ1n) is 54.0. The van der Waals surface area contributed by atoms with Gasteiger partial charge in [-0.05, 0) is 111 Å². The lowest BCUT2D eigenvalue weighted by Gasteiger charge is -2.17. The third kappa shape index (κ3) is 17.5. The van der Waals surface area contributed by atoms with Gasteiger partial charge in [-0.3, -0.25) is 0 Å². The monoisotopic (exact) mass is 1600 g/mol. The highest BCUT2D eigenvalue weighted by Crippen LogP contribution is 2.48. The summed E-state index contributed by atoms with van der Waals surface area (Å²) in [7, 11) is 0. The summed E-state index contributed by atoms with van der Waals surface area (Å²) in [6.45, 7) is -8.93. The number of benzene rings is 3. The second-order valence-electron chi connectivity index (χ2n) is 22.8. The number of rotatable bonds is 30. The highest BCUT2D eigenvalue weighted by molar-refractivity contribution is 7.99. The van der Waals surface area contributed by atoms with Gasteiger partial charge in [-0.25, -0.2) is 57.1 Å². The van der Waals surface area contributed by atoms with Crippen molar-refractivity contribution in [2.45, 2.75) is 223 Å². The van der Waals surface area contributed by atoms with Crippen LogP contribution in [-0.2, 0) is 14.2 Å². The van der Waals surface area contributed by atoms with Gasteiger partial charge in [0.25, 0.3) is 0 Å². The van der Waals surface area contributed by atoms with Crippen LogP contribution in [0.4, 0.5) is 30.6 Å². The Morgan fingerprint density at radius 1 is 0.472 bits per heavy atom. The molecule has 6 aromatic heterocycles. The maximum Gasteiger partial charge on any atom is 0.191 e. The van der Waals surface area contributed by atoms with Gasteiger partial charge in [0, 0.05) is 88.6 Å². The van der Waals surface area contributed by atoms with Gasteiger partial charge in [0.2, 0.25) is 0 Å². The number of aliphatic hydroxyl groups is 9. The molecular formula is C72H93F3N18O12S3. The molecule has 108 heavy (non-hydrogen) atoms. The number of halogens is 3. The first-order chi connectivity index (χ1) is 68.7. The summed E-state index contributed by atoms with van der Waals surface area (Å²) in [5, 5.41) is 124. The lowest BCUT2D eigenvalue weighted by Crippen LogP contribution is -2.33. The second-order valence-corrected chi connectivity index (χ2v) is 26.0. The summed E-state index contributed by atoms with van der Waals surface area (Å²) >= 11 is 2.84. The van der Waals surface area contributed by atoms with Crippen LogP contribution in [0.1, 0.15) is 208 Å². The van der Waals surface area contributed by atoms with Gasteiger partial charge >= 0.3 is 0 Å². The van der Waals surface area contributed by atoms with Gasteiger partial charge in [0.15, 0.2) is 66.4 Å². The maximum absolute atomic E-state index is 14.9. The molecule has 6 saturated carbocycles. The topological polar surface area (TPSA) is 415 Å². The van der Waals surface area contributed by atoms with Crippen molar-refractivity contribution in [3.63, 3.8) is 0 Å². The molecule has 15 rings (SSSR count). The molecule has 0 unspecified atom stereocenters. The molecule has 36 heteroatoms. The van der Waals surface area contributed by atoms with E-state index in [9.17, 15) is 59.1 Å². The Morgan fingerprint density at radius 2 is 0.796 bits per heavy atom. The van der Waals surface area contributed by atoms with Gasteiger partial charge in [-0.15, -0.1) is 15.3 Å². The summed E-state index contributed by atoms with van der Waals surface area (Å²) in [4.78, 5) is 25.3. The number of nitrogens with zero attached hydrogens (tertiary/aromatic N) is 15. The molecule has 9 aromatic rings. The van der Waals surface area contributed by atoms with Crippen LogP contribution < -0.4 is 16.0 Å². The second kappa shape index (κ2) is 35.1. The number of thioether (sulfide) groups is 3. The van der Waals surface area contributed by atoms with E-state index in [0.717, 1.165) is 42.2 Å². The van der Waals surface area contributed by atoms with E-state index in [1.807, 2.05) is 0 Å². The van der Waals surface area contributed by atoms with Gasteiger partial charge in [0.1, 0.15) is 53.9 Å². The smallest absolute Gasteiger partial charge is 0.191 e. The number of aliphatic hydroxyl groups excluding tert-OH is 1. The van der Waals surface area contributed by atoms with Crippen molar-refractivity contribution in [3.05, 3.63) is 105 Å². The highest BCUT2D eigenvalue weighted by atomic mass is 32.2. The van der Waals surface area contributed by atoms with Crippen molar-refractivity contribution >= 4 is 86.2 Å². The molecule has 0 bridgehead atoms. The Morgan fingerprint density at radius 3 is 1.10 bits per heavy atom. The van der Waals surface area contributed by atoms with E-state index < -0.39 is 326 Å². The van der Waals surface area contributed by atoms with Gasteiger partial charge in [-0.2, -0.15) is 0 Å². The Balaban J connectivity index is 0.000000190. The fraction of sp³-hybridized carbons (Fsp3) is 0.583. The molecule has 0 radical (unpaired) electrons. The van der Waals surface area contributed by atoms with Crippen molar-refractivity contribution in [2.24, 2.45) is 0 Å². The predicted octanol–water partition coefficient (Wildman–Crippen LogP) is 6.55. The first-order valence-corrected chi connectivity index (χ1v) is 35.0. The fourth-order valence-electron chi connectivity index (χ4n) is 9.71. The molecule has 0 saturated heterocycles. The zero-order valence-corrected chi connectivity index (χ0v) is 59.2. The number of hydrogen-bond acceptors (Lipinski definition) is 30. The summed E-state index contributed by atoms with van der Waals surface area (Å²) in [5.74, 6) is -9.38. The molecule has 6 fully saturated rings. The van der Waals surface area contributed by atoms with E-state index in [2.05, 4.69) is 81.5 Å². The lowest BCUT2D eigenvalue weighted by atomic mass is 10.1. The van der Waals surface area contributed by atoms with Crippen LogP contribution in [0.5, 0.6) is 0 Å². The molecule has 3 aromatic carbocycles. The molecule has 0 amide bonds. The van der Waals surface area contributed by atoms with Crippen molar-refractivity contribution in [1.82, 2.24) is 74.9 Å². The summed E-state index contributed by atoms with van der Waals surface area (Å²) in [5.41, 5.74) is -6.66. The Labute approximate surface area is 695 Å². The summed E-state index contributed by atoms with van der Waals surface area (Å²) in [6, 6.07) is -25.8. The summed E-state index contributed by atoms with van der Waals surface area (Å²) < 4.78 is 427. The number of ether oxygens (including phenoxy) is 3. The average molecular weight is 1600 g/mol. The van der Waals surface area contributed by atoms with Crippen LogP contribution >= 0.6 is 35.3 Å². The zero-order valence-electron chi connectivity index (χ0n) is 101. The molecule has 582 valence electrons. The third-order valence-corrected chi connectivity index (χ3v) is 18.4. The molecular weight excluding hydrogens is 1460 g/mol. The van der Waals surface area contributed by atoms with E-state index in [0.29, 0.717) is 36.5 Å². The molecule has 0 spiro atoms. The molecule has 12 N–H and O–H groups in total. The number of hydrogen-bond donors (Lipinski definition) is 12. The van der Waals surface area contributed by atoms with Crippen molar-refractivity contribution < 1.29 is 134 Å². The molecule has 6 aliphatic carbocycles. The maximum atomic E-state index is 14.9. The summed E-state index contributed by atoms with van der Waals surface area (Å²) in [6.07, 6.45) is -55.7. The van der Waals surface area contributed by atoms with E-state index in [-0.39, 0.29) is 46.2 Å². The third-order valence-electron chi connectivity index (χ3n) is 15.2. The van der Waals surface area contributed by atoms with E-state index in [1.165, 1.54) is 13.8 Å². The van der Waals surface area contributed by atoms with Crippen LogP contribution in [0.15, 0.2) is 69.9 Å². The SMILES string of the molecule is [2H]c1c([2H])c([C@@H]2C([2H])([2H])[C@@]2([2H])Nc2nc(SCCC)nc3c2nnn3[C@]2([2H])C([2H])([2H])[C@]([2H])(OC([2H])([2H])C([2H])([2H])O)[C@@]([2H])(O)[C@@]2([2H])O)c([2H])c(F)c1C.[2H]c1c([2H])c([C@@H]2C([2H])([2H])[C@@]2([2H])Nc2nc(SCCC)nc3c2nnn3[C@]2([2H])C([2H])([2H])[C@]([2H])(OC([2H])([2H])CO)[C@@]([2H])(O)[C@@]2([2H])O)c([2H])c(F)c1C.[2H]c1c([2H])c([C@@H]2C([2H])([2H])[C@@]2([2H])Nc2nc(SCCC)nc3c2nnn3[C@]2([2H])C([2H])([2H])[C@]([2H])(OCC([2H])([2H])O)[C@@]([2H])(O)[C@@]2([2H])O)c([2H])c(F)c1C.